The van der Waals surface area contributed by atoms with Crippen molar-refractivity contribution in [3.8, 4) is 5.88 Å². The second-order valence-corrected chi connectivity index (χ2v) is 3.99. The fourth-order valence-electron chi connectivity index (χ4n) is 1.86. The van der Waals surface area contributed by atoms with Gasteiger partial charge in [0.15, 0.2) is 5.69 Å². The van der Waals surface area contributed by atoms with E-state index in [0.717, 1.165) is 19.3 Å². The molecule has 0 amide bonds. The number of nitrogens with zero attached hydrogens (tertiary/aromatic N) is 2. The molecule has 0 saturated heterocycles. The highest BCUT2D eigenvalue weighted by Gasteiger charge is 2.26. The van der Waals surface area contributed by atoms with Gasteiger partial charge < -0.3 is 15.2 Å². The summed E-state index contributed by atoms with van der Waals surface area (Å²) in [6, 6.07) is 0.0265. The zero-order valence-electron chi connectivity index (χ0n) is 9.63. The van der Waals surface area contributed by atoms with E-state index in [1.165, 1.54) is 19.5 Å². The average molecular weight is 237 g/mol. The van der Waals surface area contributed by atoms with Gasteiger partial charge in [-0.05, 0) is 19.3 Å². The molecule has 0 spiro atoms. The number of hydrogen-bond donors (Lipinski definition) is 1. The number of esters is 1. The summed E-state index contributed by atoms with van der Waals surface area (Å²) in [7, 11) is 1.30. The number of nitrogens with two attached hydrogens (primary N) is 1. The summed E-state index contributed by atoms with van der Waals surface area (Å²) >= 11 is 0. The van der Waals surface area contributed by atoms with Crippen molar-refractivity contribution in [3.05, 3.63) is 18.1 Å². The molecule has 1 aliphatic carbocycles. The molecule has 6 nitrogen and oxygen atoms in total. The normalized spacial score (nSPS) is 23.4. The first kappa shape index (κ1) is 11.8. The van der Waals surface area contributed by atoms with Crippen LogP contribution in [0.1, 0.15) is 29.8 Å². The van der Waals surface area contributed by atoms with Gasteiger partial charge in [-0.1, -0.05) is 0 Å². The van der Waals surface area contributed by atoms with Gasteiger partial charge in [0.05, 0.1) is 19.5 Å². The summed E-state index contributed by atoms with van der Waals surface area (Å²) < 4.78 is 10.2. The minimum Gasteiger partial charge on any atom is -0.472 e. The first-order chi connectivity index (χ1) is 8.20. The monoisotopic (exact) mass is 237 g/mol. The SMILES string of the molecule is COC(=O)c1cncc(OC2CCCC2N)n1. The highest BCUT2D eigenvalue weighted by molar-refractivity contribution is 5.86. The van der Waals surface area contributed by atoms with E-state index in [1.807, 2.05) is 0 Å². The van der Waals surface area contributed by atoms with Crippen molar-refractivity contribution in [2.45, 2.75) is 31.4 Å². The van der Waals surface area contributed by atoms with E-state index in [1.54, 1.807) is 0 Å². The van der Waals surface area contributed by atoms with Gasteiger partial charge in [0, 0.05) is 6.04 Å². The molecular weight excluding hydrogens is 222 g/mol. The number of rotatable bonds is 3. The third-order valence-corrected chi connectivity index (χ3v) is 2.78. The predicted octanol–water partition coefficient (Wildman–Crippen LogP) is 0.522. The summed E-state index contributed by atoms with van der Waals surface area (Å²) in [5, 5.41) is 0. The van der Waals surface area contributed by atoms with Gasteiger partial charge >= 0.3 is 5.97 Å². The van der Waals surface area contributed by atoms with Gasteiger partial charge in [-0.15, -0.1) is 0 Å². The Bertz CT molecular complexity index is 411. The second-order valence-electron chi connectivity index (χ2n) is 3.99. The van der Waals surface area contributed by atoms with Crippen LogP contribution in [0.3, 0.4) is 0 Å². The fraction of sp³-hybridized carbons (Fsp3) is 0.545. The smallest absolute Gasteiger partial charge is 0.358 e. The van der Waals surface area contributed by atoms with Crippen LogP contribution in [0.5, 0.6) is 5.88 Å². The lowest BCUT2D eigenvalue weighted by molar-refractivity contribution is 0.0591. The van der Waals surface area contributed by atoms with E-state index in [0.29, 0.717) is 5.88 Å². The summed E-state index contributed by atoms with van der Waals surface area (Å²) in [6.45, 7) is 0. The van der Waals surface area contributed by atoms with E-state index in [4.69, 9.17) is 10.5 Å². The van der Waals surface area contributed by atoms with Gasteiger partial charge in [-0.3, -0.25) is 4.98 Å². The van der Waals surface area contributed by atoms with Gasteiger partial charge in [0.1, 0.15) is 6.10 Å². The Balaban J connectivity index is 2.08. The van der Waals surface area contributed by atoms with Crippen LogP contribution in [0.2, 0.25) is 0 Å². The number of aromatic nitrogens is 2. The second kappa shape index (κ2) is 5.09. The van der Waals surface area contributed by atoms with E-state index >= 15 is 0 Å². The Kier molecular flexibility index (Phi) is 3.53. The Hall–Kier alpha value is -1.69. The summed E-state index contributed by atoms with van der Waals surface area (Å²) in [5.41, 5.74) is 6.02. The zero-order chi connectivity index (χ0) is 12.3. The van der Waals surface area contributed by atoms with Crippen molar-refractivity contribution in [1.82, 2.24) is 9.97 Å². The largest absolute Gasteiger partial charge is 0.472 e. The Labute approximate surface area is 99.1 Å². The maximum absolute atomic E-state index is 11.3. The Morgan fingerprint density at radius 2 is 2.29 bits per heavy atom. The van der Waals surface area contributed by atoms with Crippen LogP contribution < -0.4 is 10.5 Å². The molecule has 0 radical (unpaired) electrons. The van der Waals surface area contributed by atoms with Crippen LogP contribution in [0.15, 0.2) is 12.4 Å². The van der Waals surface area contributed by atoms with Crippen LogP contribution in [-0.4, -0.2) is 35.2 Å². The maximum Gasteiger partial charge on any atom is 0.358 e. The first-order valence-electron chi connectivity index (χ1n) is 5.53. The van der Waals surface area contributed by atoms with Gasteiger partial charge in [-0.2, -0.15) is 0 Å². The fourth-order valence-corrected chi connectivity index (χ4v) is 1.86. The summed E-state index contributed by atoms with van der Waals surface area (Å²) in [4.78, 5) is 19.2. The molecule has 1 heterocycles. The van der Waals surface area contributed by atoms with Crippen molar-refractivity contribution in [3.63, 3.8) is 0 Å². The quantitative estimate of drug-likeness (QED) is 0.771. The van der Waals surface area contributed by atoms with Crippen molar-refractivity contribution in [1.29, 1.82) is 0 Å². The average Bonchev–Trinajstić information content (AvgIpc) is 2.74. The van der Waals surface area contributed by atoms with Crippen LogP contribution in [0.25, 0.3) is 0 Å². The van der Waals surface area contributed by atoms with Crippen molar-refractivity contribution < 1.29 is 14.3 Å². The molecule has 0 aromatic carbocycles. The number of hydrogen-bond acceptors (Lipinski definition) is 6. The highest BCUT2D eigenvalue weighted by atomic mass is 16.5. The number of carbonyl (C=O) groups excluding carboxylic acids is 1. The van der Waals surface area contributed by atoms with Crippen molar-refractivity contribution >= 4 is 5.97 Å². The lowest BCUT2D eigenvalue weighted by Gasteiger charge is -2.16. The van der Waals surface area contributed by atoms with E-state index in [-0.39, 0.29) is 17.8 Å². The molecule has 2 rings (SSSR count). The standard InChI is InChI=1S/C11H15N3O3/c1-16-11(15)8-5-13-6-10(14-8)17-9-4-2-3-7(9)12/h5-7,9H,2-4,12H2,1H3. The highest BCUT2D eigenvalue weighted by Crippen LogP contribution is 2.22. The Morgan fingerprint density at radius 3 is 2.94 bits per heavy atom. The summed E-state index contributed by atoms with van der Waals surface area (Å²) in [6.07, 6.45) is 5.68. The topological polar surface area (TPSA) is 87.3 Å². The molecule has 2 N–H and O–H groups in total. The number of methoxy groups -OCH3 is 1. The van der Waals surface area contributed by atoms with Crippen LogP contribution in [0, 0.1) is 0 Å². The molecule has 1 fully saturated rings. The minimum absolute atomic E-state index is 0.0265. The molecule has 17 heavy (non-hydrogen) atoms. The molecular formula is C11H15N3O3. The minimum atomic E-state index is -0.529. The molecule has 0 aliphatic heterocycles. The molecule has 1 saturated carbocycles. The maximum atomic E-state index is 11.3. The van der Waals surface area contributed by atoms with Crippen molar-refractivity contribution in [2.24, 2.45) is 5.73 Å². The van der Waals surface area contributed by atoms with Crippen molar-refractivity contribution in [2.75, 3.05) is 7.11 Å². The first-order valence-corrected chi connectivity index (χ1v) is 5.53. The predicted molar refractivity (Wildman–Crippen MR) is 59.6 cm³/mol. The number of carbonyl (C=O) groups is 1. The van der Waals surface area contributed by atoms with E-state index in [9.17, 15) is 4.79 Å². The molecule has 92 valence electrons. The number of ether oxygens (including phenoxy) is 2. The summed E-state index contributed by atoms with van der Waals surface area (Å²) in [5.74, 6) is -0.214. The molecule has 6 heteroatoms. The van der Waals surface area contributed by atoms with Gasteiger partial charge in [-0.25, -0.2) is 9.78 Å². The lowest BCUT2D eigenvalue weighted by atomic mass is 10.2. The van der Waals surface area contributed by atoms with Crippen LogP contribution in [-0.2, 0) is 4.74 Å². The van der Waals surface area contributed by atoms with E-state index < -0.39 is 5.97 Å². The third-order valence-electron chi connectivity index (χ3n) is 2.78. The van der Waals surface area contributed by atoms with Crippen LogP contribution >= 0.6 is 0 Å². The zero-order valence-corrected chi connectivity index (χ0v) is 9.63. The van der Waals surface area contributed by atoms with Gasteiger partial charge in [0.25, 0.3) is 0 Å². The van der Waals surface area contributed by atoms with Gasteiger partial charge in [0.2, 0.25) is 5.88 Å². The molecule has 2 unspecified atom stereocenters. The lowest BCUT2D eigenvalue weighted by Crippen LogP contribution is -2.33. The molecule has 2 atom stereocenters. The molecule has 1 aromatic heterocycles. The van der Waals surface area contributed by atoms with E-state index in [2.05, 4.69) is 14.7 Å². The third kappa shape index (κ3) is 2.71. The Morgan fingerprint density at radius 1 is 1.47 bits per heavy atom. The molecule has 1 aromatic rings. The molecule has 0 bridgehead atoms. The van der Waals surface area contributed by atoms with Crippen LogP contribution in [0.4, 0.5) is 0 Å². The molecule has 1 aliphatic rings.